The van der Waals surface area contributed by atoms with Gasteiger partial charge in [0.1, 0.15) is 36.3 Å². The minimum Gasteiger partial charge on any atom is -0.394 e. The molecule has 2 saturated heterocycles. The number of primary amides is 1. The molecular formula is C31H52N10O12S. The highest BCUT2D eigenvalue weighted by atomic mass is 32.1. The zero-order valence-electron chi connectivity index (χ0n) is 30.2. The lowest BCUT2D eigenvalue weighted by molar-refractivity contribution is -0.144. The molecule has 0 aromatic carbocycles. The maximum absolute atomic E-state index is 13.8. The first-order valence-corrected chi connectivity index (χ1v) is 17.9. The van der Waals surface area contributed by atoms with Crippen molar-refractivity contribution in [2.45, 2.75) is 88.5 Å². The van der Waals surface area contributed by atoms with Gasteiger partial charge in [-0.25, -0.2) is 0 Å². The monoisotopic (exact) mass is 788 g/mol. The summed E-state index contributed by atoms with van der Waals surface area (Å²) in [6.45, 7) is 1.56. The van der Waals surface area contributed by atoms with E-state index in [4.69, 9.17) is 11.5 Å². The lowest BCUT2D eigenvalue weighted by atomic mass is 9.94. The zero-order chi connectivity index (χ0) is 40.9. The quantitative estimate of drug-likeness (QED) is 0.0967. The predicted octanol–water partition coefficient (Wildman–Crippen LogP) is -7.58. The van der Waals surface area contributed by atoms with Crippen molar-refractivity contribution in [3.63, 3.8) is 0 Å². The average Bonchev–Trinajstić information content (AvgIpc) is 3.54. The molecule has 0 bridgehead atoms. The number of fused-ring (bicyclic) bond motifs is 1. The maximum atomic E-state index is 13.8. The lowest BCUT2D eigenvalue weighted by Crippen LogP contribution is -2.62. The van der Waals surface area contributed by atoms with E-state index in [1.807, 2.05) is 0 Å². The highest BCUT2D eigenvalue weighted by Crippen LogP contribution is 2.21. The smallest absolute Gasteiger partial charge is 0.246 e. The van der Waals surface area contributed by atoms with Crippen LogP contribution in [0.2, 0.25) is 0 Å². The van der Waals surface area contributed by atoms with Gasteiger partial charge in [0.05, 0.1) is 38.3 Å². The summed E-state index contributed by atoms with van der Waals surface area (Å²) in [7, 11) is 0. The van der Waals surface area contributed by atoms with E-state index in [9.17, 15) is 58.5 Å². The molecule has 23 heteroatoms. The van der Waals surface area contributed by atoms with Gasteiger partial charge in [0.25, 0.3) is 0 Å². The molecule has 10 unspecified atom stereocenters. The van der Waals surface area contributed by atoms with Crippen molar-refractivity contribution >= 4 is 65.8 Å². The van der Waals surface area contributed by atoms with E-state index in [2.05, 4.69) is 49.8 Å². The molecule has 0 spiro atoms. The Kier molecular flexibility index (Phi) is 18.0. The number of aliphatic hydroxyl groups excluding tert-OH is 3. The number of nitrogens with one attached hydrogen (secondary N) is 7. The van der Waals surface area contributed by atoms with E-state index in [-0.39, 0.29) is 12.2 Å². The number of hydrogen-bond acceptors (Lipinski definition) is 14. The Bertz CT molecular complexity index is 1420. The largest absolute Gasteiger partial charge is 0.394 e. The summed E-state index contributed by atoms with van der Waals surface area (Å²) >= 11 is 4.08. The molecule has 2 heterocycles. The first-order chi connectivity index (χ1) is 25.4. The van der Waals surface area contributed by atoms with Crippen LogP contribution in [-0.2, 0) is 43.2 Å². The molecular weight excluding hydrogens is 736 g/mol. The second-order valence-corrected chi connectivity index (χ2v) is 13.6. The van der Waals surface area contributed by atoms with E-state index in [0.29, 0.717) is 6.42 Å². The Hall–Kier alpha value is -4.58. The summed E-state index contributed by atoms with van der Waals surface area (Å²) in [5.41, 5.74) is 11.1. The van der Waals surface area contributed by atoms with Gasteiger partial charge in [-0.15, -0.1) is 0 Å². The van der Waals surface area contributed by atoms with Gasteiger partial charge < -0.3 is 68.9 Å². The van der Waals surface area contributed by atoms with E-state index in [1.54, 1.807) is 13.8 Å². The molecule has 0 aliphatic carbocycles. The molecule has 0 saturated carbocycles. The van der Waals surface area contributed by atoms with Gasteiger partial charge >= 0.3 is 0 Å². The van der Waals surface area contributed by atoms with E-state index in [1.165, 1.54) is 6.92 Å². The normalized spacial score (nSPS) is 29.1. The van der Waals surface area contributed by atoms with Gasteiger partial charge in [-0.05, 0) is 5.92 Å². The number of thiol groups is 1. The third-order valence-corrected chi connectivity index (χ3v) is 9.51. The topological polar surface area (TPSA) is 354 Å². The molecule has 0 aromatic rings. The first-order valence-electron chi connectivity index (χ1n) is 17.3. The highest BCUT2D eigenvalue weighted by molar-refractivity contribution is 7.80. The summed E-state index contributed by atoms with van der Waals surface area (Å²) in [5, 5.41) is 47.0. The molecule has 2 rings (SSSR count). The second-order valence-electron chi connectivity index (χ2n) is 13.2. The van der Waals surface area contributed by atoms with Gasteiger partial charge in [-0.1, -0.05) is 27.2 Å². The average molecular weight is 789 g/mol. The molecule has 0 radical (unpaired) electrons. The molecule has 22 nitrogen and oxygen atoms in total. The minimum absolute atomic E-state index is 0.319. The van der Waals surface area contributed by atoms with Crippen LogP contribution >= 0.6 is 12.6 Å². The predicted molar refractivity (Wildman–Crippen MR) is 190 cm³/mol. The fourth-order valence-corrected chi connectivity index (χ4v) is 5.94. The summed E-state index contributed by atoms with van der Waals surface area (Å²) in [4.78, 5) is 119. The summed E-state index contributed by atoms with van der Waals surface area (Å²) in [5.74, 6) is -10.5. The summed E-state index contributed by atoms with van der Waals surface area (Å²) < 4.78 is 0. The fourth-order valence-electron chi connectivity index (χ4n) is 5.68. The molecule has 14 N–H and O–H groups in total. The Balaban J connectivity index is 2.57. The number of nitrogens with zero attached hydrogens (tertiary/aromatic N) is 1. The van der Waals surface area contributed by atoms with E-state index in [0.717, 1.165) is 4.90 Å². The van der Waals surface area contributed by atoms with Crippen molar-refractivity contribution in [1.29, 1.82) is 0 Å². The number of hydrogen-bond donors (Lipinski definition) is 13. The van der Waals surface area contributed by atoms with Crippen LogP contribution in [0.15, 0.2) is 0 Å². The standard InChI is InChI=1S/C31H52N10O12S/c1-4-13(2)24-29(51)35-8-22(46)36-18(12-54)27(49)37-16(6-21(33)45)31(53)41-10-15(43)5-19(41)28(50)40-25(14(3)20(44)11-42)30(52)38-17(7-32)26(48)34-9-23(47)39-24/h13-20,24-25,42-44,54H,4-12,32H2,1-3H3,(H2,33,45)(H,34,48)(H,35,51)(H,36,46)(H,37,49)(H,38,52)(H,39,47)(H,40,50). The second kappa shape index (κ2) is 21.3. The summed E-state index contributed by atoms with van der Waals surface area (Å²) in [6, 6.07) is -8.98. The van der Waals surface area contributed by atoms with Crippen molar-refractivity contribution in [2.24, 2.45) is 23.3 Å². The van der Waals surface area contributed by atoms with Crippen molar-refractivity contribution in [3.8, 4) is 0 Å². The van der Waals surface area contributed by atoms with Crippen LogP contribution in [0.25, 0.3) is 0 Å². The van der Waals surface area contributed by atoms with Crippen LogP contribution in [0, 0.1) is 11.8 Å². The highest BCUT2D eigenvalue weighted by Gasteiger charge is 2.44. The number of rotatable bonds is 9. The van der Waals surface area contributed by atoms with E-state index < -0.39 is 153 Å². The molecule has 2 aliphatic rings. The SMILES string of the molecule is CCC(C)C1NC(=O)CNC(=O)C(CN)NC(=O)C(C(C)C(O)CO)NC(=O)C2CC(O)CN2C(=O)C(CC(N)=O)NC(=O)C(CS)NC(=O)CNC1=O. The fraction of sp³-hybridized carbons (Fsp3) is 0.710. The van der Waals surface area contributed by atoms with Crippen molar-refractivity contribution in [1.82, 2.24) is 42.1 Å². The number of nitrogens with two attached hydrogens (primary N) is 2. The van der Waals surface area contributed by atoms with Crippen LogP contribution in [0.3, 0.4) is 0 Å². The van der Waals surface area contributed by atoms with Gasteiger partial charge in [0.15, 0.2) is 0 Å². The lowest BCUT2D eigenvalue weighted by Gasteiger charge is -2.32. The maximum Gasteiger partial charge on any atom is 0.246 e. The molecule has 54 heavy (non-hydrogen) atoms. The van der Waals surface area contributed by atoms with Crippen LogP contribution in [0.1, 0.15) is 40.0 Å². The summed E-state index contributed by atoms with van der Waals surface area (Å²) in [6.07, 6.45) is -3.60. The van der Waals surface area contributed by atoms with Gasteiger partial charge in [-0.3, -0.25) is 43.2 Å². The zero-order valence-corrected chi connectivity index (χ0v) is 31.1. The van der Waals surface area contributed by atoms with Crippen molar-refractivity contribution in [2.75, 3.05) is 38.5 Å². The van der Waals surface area contributed by atoms with Gasteiger partial charge in [0, 0.05) is 31.2 Å². The molecule has 2 fully saturated rings. The Labute approximate surface area is 316 Å². The molecule has 9 amide bonds. The molecule has 10 atom stereocenters. The first kappa shape index (κ1) is 45.6. The van der Waals surface area contributed by atoms with Crippen LogP contribution in [-0.4, -0.2) is 160 Å². The van der Waals surface area contributed by atoms with Crippen LogP contribution in [0.5, 0.6) is 0 Å². The molecule has 0 aromatic heterocycles. The Morgan fingerprint density at radius 3 is 1.98 bits per heavy atom. The number of carbonyl (C=O) groups is 9. The number of amides is 9. The van der Waals surface area contributed by atoms with Crippen molar-refractivity contribution < 1.29 is 58.5 Å². The van der Waals surface area contributed by atoms with Gasteiger partial charge in [0.2, 0.25) is 53.2 Å². The van der Waals surface area contributed by atoms with Crippen LogP contribution < -0.4 is 48.7 Å². The molecule has 304 valence electrons. The molecule has 2 aliphatic heterocycles. The third kappa shape index (κ3) is 12.8. The Morgan fingerprint density at radius 1 is 0.833 bits per heavy atom. The van der Waals surface area contributed by atoms with Crippen molar-refractivity contribution in [3.05, 3.63) is 0 Å². The number of aliphatic hydroxyl groups is 3. The number of carbonyl (C=O) groups excluding carboxylic acids is 9. The van der Waals surface area contributed by atoms with Crippen LogP contribution in [0.4, 0.5) is 0 Å². The minimum atomic E-state index is -1.71. The van der Waals surface area contributed by atoms with E-state index >= 15 is 0 Å². The van der Waals surface area contributed by atoms with Gasteiger partial charge in [-0.2, -0.15) is 12.6 Å². The third-order valence-electron chi connectivity index (χ3n) is 9.15. The Morgan fingerprint density at radius 2 is 1.43 bits per heavy atom.